The minimum absolute atomic E-state index is 0.0950. The highest BCUT2D eigenvalue weighted by molar-refractivity contribution is 7.85. The number of nitrogens with zero attached hydrogens (tertiary/aromatic N) is 3. The Morgan fingerprint density at radius 1 is 1.50 bits per heavy atom. The SMILES string of the molecule is O=S(=O)(O)CC[n+]1ccc(-c2nc(Cl)cs2)cn1. The molecule has 0 amide bonds. The number of rotatable bonds is 4. The maximum absolute atomic E-state index is 10.6. The molecule has 0 aromatic carbocycles. The van der Waals surface area contributed by atoms with E-state index in [9.17, 15) is 8.42 Å². The van der Waals surface area contributed by atoms with Crippen molar-refractivity contribution in [3.63, 3.8) is 0 Å². The van der Waals surface area contributed by atoms with Gasteiger partial charge < -0.3 is 0 Å². The fraction of sp³-hybridized carbons (Fsp3) is 0.222. The zero-order chi connectivity index (χ0) is 13.2. The Morgan fingerprint density at radius 3 is 2.78 bits per heavy atom. The third-order valence-corrected chi connectivity index (χ3v) is 3.99. The van der Waals surface area contributed by atoms with Crippen LogP contribution in [0.1, 0.15) is 0 Å². The second-order valence-electron chi connectivity index (χ2n) is 3.44. The molecule has 0 aliphatic carbocycles. The molecule has 2 aromatic rings. The second-order valence-corrected chi connectivity index (χ2v) is 6.26. The minimum Gasteiger partial charge on any atom is -0.285 e. The molecule has 0 bridgehead atoms. The smallest absolute Gasteiger partial charge is 0.271 e. The maximum atomic E-state index is 10.6. The molecule has 2 aromatic heterocycles. The van der Waals surface area contributed by atoms with Gasteiger partial charge in [0, 0.05) is 17.0 Å². The van der Waals surface area contributed by atoms with E-state index in [1.807, 2.05) is 0 Å². The van der Waals surface area contributed by atoms with Crippen LogP contribution in [0.4, 0.5) is 0 Å². The van der Waals surface area contributed by atoms with Gasteiger partial charge in [-0.25, -0.2) is 4.98 Å². The van der Waals surface area contributed by atoms with Crippen molar-refractivity contribution >= 4 is 33.1 Å². The first-order valence-corrected chi connectivity index (χ1v) is 7.73. The van der Waals surface area contributed by atoms with E-state index in [4.69, 9.17) is 16.2 Å². The average molecular weight is 307 g/mol. The first-order chi connectivity index (χ1) is 8.44. The van der Waals surface area contributed by atoms with Crippen molar-refractivity contribution in [3.8, 4) is 10.6 Å². The number of aromatic nitrogens is 3. The molecule has 2 heterocycles. The van der Waals surface area contributed by atoms with Crippen LogP contribution in [0.25, 0.3) is 10.6 Å². The molecular formula is C9H9ClN3O3S2+. The van der Waals surface area contributed by atoms with E-state index in [2.05, 4.69) is 10.1 Å². The normalized spacial score (nSPS) is 11.7. The van der Waals surface area contributed by atoms with Crippen LogP contribution in [-0.4, -0.2) is 28.8 Å². The molecule has 9 heteroatoms. The van der Waals surface area contributed by atoms with Gasteiger partial charge in [0.1, 0.15) is 22.1 Å². The van der Waals surface area contributed by atoms with Crippen molar-refractivity contribution < 1.29 is 17.7 Å². The summed E-state index contributed by atoms with van der Waals surface area (Å²) in [4.78, 5) is 4.09. The Balaban J connectivity index is 2.10. The van der Waals surface area contributed by atoms with E-state index in [1.54, 1.807) is 23.8 Å². The lowest BCUT2D eigenvalue weighted by Gasteiger charge is -1.95. The van der Waals surface area contributed by atoms with Gasteiger partial charge in [0.2, 0.25) is 0 Å². The molecule has 18 heavy (non-hydrogen) atoms. The van der Waals surface area contributed by atoms with E-state index in [0.717, 1.165) is 10.6 Å². The van der Waals surface area contributed by atoms with Crippen LogP contribution in [0.15, 0.2) is 23.8 Å². The fourth-order valence-electron chi connectivity index (χ4n) is 1.24. The molecule has 0 unspecified atom stereocenters. The standard InChI is InChI=1S/C9H8ClN3O3S2/c10-8-6-17-9(12-8)7-1-2-13(11-5-7)3-4-18(14,15)16/h1-2,5-6H,3-4H2/p+1. The Kier molecular flexibility index (Phi) is 3.91. The summed E-state index contributed by atoms with van der Waals surface area (Å²) in [6, 6.07) is 1.76. The molecule has 96 valence electrons. The summed E-state index contributed by atoms with van der Waals surface area (Å²) in [6.45, 7) is 0.0950. The molecular weight excluding hydrogens is 298 g/mol. The fourth-order valence-corrected chi connectivity index (χ4v) is 2.59. The summed E-state index contributed by atoms with van der Waals surface area (Å²) in [7, 11) is -3.97. The van der Waals surface area contributed by atoms with Crippen LogP contribution in [0.2, 0.25) is 5.15 Å². The van der Waals surface area contributed by atoms with Crippen LogP contribution in [-0.2, 0) is 16.7 Å². The summed E-state index contributed by atoms with van der Waals surface area (Å²) in [5, 5.41) is 6.92. The monoisotopic (exact) mass is 306 g/mol. The summed E-state index contributed by atoms with van der Waals surface area (Å²) in [5.41, 5.74) is 0.801. The van der Waals surface area contributed by atoms with Gasteiger partial charge in [-0.1, -0.05) is 16.3 Å². The molecule has 1 N–H and O–H groups in total. The number of hydrogen-bond acceptors (Lipinski definition) is 5. The molecule has 6 nitrogen and oxygen atoms in total. The predicted molar refractivity (Wildman–Crippen MR) is 67.0 cm³/mol. The van der Waals surface area contributed by atoms with E-state index in [1.165, 1.54) is 16.0 Å². The Hall–Kier alpha value is -1.09. The average Bonchev–Trinajstić information content (AvgIpc) is 2.73. The highest BCUT2D eigenvalue weighted by Crippen LogP contribution is 2.24. The van der Waals surface area contributed by atoms with Gasteiger partial charge in [0.05, 0.1) is 0 Å². The molecule has 0 fully saturated rings. The molecule has 2 rings (SSSR count). The lowest BCUT2D eigenvalue weighted by atomic mass is 10.3. The second kappa shape index (κ2) is 5.27. The molecule has 0 aliphatic rings. The molecule has 0 saturated heterocycles. The van der Waals surface area contributed by atoms with E-state index >= 15 is 0 Å². The zero-order valence-corrected chi connectivity index (χ0v) is 11.4. The van der Waals surface area contributed by atoms with Gasteiger partial charge >= 0.3 is 0 Å². The topological polar surface area (TPSA) is 84.0 Å². The Bertz CT molecular complexity index is 639. The van der Waals surface area contributed by atoms with Gasteiger partial charge in [-0.15, -0.1) is 11.3 Å². The number of thiazole rings is 1. The summed E-state index contributed by atoms with van der Waals surface area (Å²) >= 11 is 7.12. The zero-order valence-electron chi connectivity index (χ0n) is 9.02. The van der Waals surface area contributed by atoms with Gasteiger partial charge in [0.25, 0.3) is 10.1 Å². The van der Waals surface area contributed by atoms with Crippen molar-refractivity contribution in [1.29, 1.82) is 0 Å². The molecule has 0 aliphatic heterocycles. The molecule has 0 radical (unpaired) electrons. The number of hydrogen-bond donors (Lipinski definition) is 1. The van der Waals surface area contributed by atoms with Gasteiger partial charge in [-0.05, 0) is 5.10 Å². The van der Waals surface area contributed by atoms with Gasteiger partial charge in [-0.3, -0.25) is 4.55 Å². The minimum atomic E-state index is -3.97. The first kappa shape index (κ1) is 13.3. The van der Waals surface area contributed by atoms with Crippen LogP contribution in [0, 0.1) is 0 Å². The third kappa shape index (κ3) is 3.70. The quantitative estimate of drug-likeness (QED) is 0.674. The highest BCUT2D eigenvalue weighted by Gasteiger charge is 2.12. The lowest BCUT2D eigenvalue weighted by Crippen LogP contribution is -2.40. The van der Waals surface area contributed by atoms with Crippen molar-refractivity contribution in [2.75, 3.05) is 5.75 Å². The van der Waals surface area contributed by atoms with E-state index in [-0.39, 0.29) is 12.3 Å². The number of aryl methyl sites for hydroxylation is 1. The first-order valence-electron chi connectivity index (χ1n) is 4.86. The highest BCUT2D eigenvalue weighted by atomic mass is 35.5. The van der Waals surface area contributed by atoms with Crippen molar-refractivity contribution in [1.82, 2.24) is 10.1 Å². The van der Waals surface area contributed by atoms with Crippen LogP contribution < -0.4 is 4.68 Å². The van der Waals surface area contributed by atoms with Gasteiger partial charge in [-0.2, -0.15) is 8.42 Å². The Morgan fingerprint density at radius 2 is 2.28 bits per heavy atom. The van der Waals surface area contributed by atoms with Crippen LogP contribution in [0.5, 0.6) is 0 Å². The van der Waals surface area contributed by atoms with Crippen molar-refractivity contribution in [2.45, 2.75) is 6.54 Å². The lowest BCUT2D eigenvalue weighted by molar-refractivity contribution is -0.750. The summed E-state index contributed by atoms with van der Waals surface area (Å²) < 4.78 is 31.2. The molecule has 0 atom stereocenters. The third-order valence-electron chi connectivity index (χ3n) is 2.07. The largest absolute Gasteiger partial charge is 0.285 e. The number of halogens is 1. The van der Waals surface area contributed by atoms with E-state index in [0.29, 0.717) is 5.15 Å². The van der Waals surface area contributed by atoms with Crippen molar-refractivity contribution in [3.05, 3.63) is 29.0 Å². The summed E-state index contributed by atoms with van der Waals surface area (Å²) in [6.07, 6.45) is 3.19. The maximum Gasteiger partial charge on any atom is 0.271 e. The predicted octanol–water partition coefficient (Wildman–Crippen LogP) is 1.03. The molecule has 0 spiro atoms. The van der Waals surface area contributed by atoms with Crippen molar-refractivity contribution in [2.24, 2.45) is 0 Å². The summed E-state index contributed by atoms with van der Waals surface area (Å²) in [5.74, 6) is -0.368. The molecule has 0 saturated carbocycles. The van der Waals surface area contributed by atoms with Gasteiger partial charge in [0.15, 0.2) is 12.7 Å². The Labute approximate surface area is 113 Å². The van der Waals surface area contributed by atoms with Crippen LogP contribution in [0.3, 0.4) is 0 Å². The van der Waals surface area contributed by atoms with E-state index < -0.39 is 10.1 Å². The van der Waals surface area contributed by atoms with Crippen LogP contribution >= 0.6 is 22.9 Å².